The van der Waals surface area contributed by atoms with Crippen LogP contribution in [0.25, 0.3) is 0 Å². The van der Waals surface area contributed by atoms with Crippen LogP contribution in [0.15, 0.2) is 12.5 Å². The van der Waals surface area contributed by atoms with Crippen molar-refractivity contribution in [2.75, 3.05) is 20.3 Å². The number of aromatic nitrogens is 2. The molecule has 24 heavy (non-hydrogen) atoms. The number of imidazole rings is 1. The van der Waals surface area contributed by atoms with Gasteiger partial charge in [-0.15, -0.1) is 0 Å². The van der Waals surface area contributed by atoms with Crippen molar-refractivity contribution in [3.8, 4) is 0 Å². The largest absolute Gasteiger partial charge is 0.378 e. The Morgan fingerprint density at radius 1 is 1.38 bits per heavy atom. The zero-order valence-electron chi connectivity index (χ0n) is 14.6. The van der Waals surface area contributed by atoms with Crippen LogP contribution in [0.5, 0.6) is 0 Å². The van der Waals surface area contributed by atoms with Gasteiger partial charge in [0.2, 0.25) is 0 Å². The maximum absolute atomic E-state index is 13.0. The first-order valence-electron chi connectivity index (χ1n) is 9.07. The Kier molecular flexibility index (Phi) is 4.12. The number of fused-ring (bicyclic) bond motifs is 1. The lowest BCUT2D eigenvalue weighted by Crippen LogP contribution is -2.53. The summed E-state index contributed by atoms with van der Waals surface area (Å²) in [5, 5.41) is 0. The van der Waals surface area contributed by atoms with Gasteiger partial charge in [0.15, 0.2) is 0 Å². The molecule has 4 rings (SSSR count). The number of carbonyl (C=O) groups is 1. The molecule has 0 bridgehead atoms. The third-order valence-electron chi connectivity index (χ3n) is 6.10. The van der Waals surface area contributed by atoms with Crippen molar-refractivity contribution in [3.05, 3.63) is 18.2 Å². The minimum atomic E-state index is -0.201. The predicted molar refractivity (Wildman–Crippen MR) is 88.7 cm³/mol. The van der Waals surface area contributed by atoms with Crippen molar-refractivity contribution < 1.29 is 14.3 Å². The van der Waals surface area contributed by atoms with E-state index in [9.17, 15) is 4.79 Å². The molecule has 1 aromatic rings. The van der Waals surface area contributed by atoms with E-state index >= 15 is 0 Å². The van der Waals surface area contributed by atoms with Crippen LogP contribution >= 0.6 is 0 Å². The molecule has 0 N–H and O–H groups in total. The zero-order valence-corrected chi connectivity index (χ0v) is 14.6. The van der Waals surface area contributed by atoms with Crippen LogP contribution in [0, 0.1) is 5.92 Å². The summed E-state index contributed by atoms with van der Waals surface area (Å²) in [6.45, 7) is 1.63. The van der Waals surface area contributed by atoms with E-state index in [-0.39, 0.29) is 23.7 Å². The Balaban J connectivity index is 1.50. The fourth-order valence-electron chi connectivity index (χ4n) is 4.32. The molecule has 6 heteroatoms. The number of amides is 1. The number of methoxy groups -OCH3 is 1. The Hall–Kier alpha value is -1.40. The quantitative estimate of drug-likeness (QED) is 0.827. The summed E-state index contributed by atoms with van der Waals surface area (Å²) in [4.78, 5) is 19.1. The number of aryl methyl sites for hydroxylation is 1. The molecule has 0 unspecified atom stereocenters. The van der Waals surface area contributed by atoms with Crippen molar-refractivity contribution in [3.63, 3.8) is 0 Å². The highest BCUT2D eigenvalue weighted by Gasteiger charge is 2.53. The number of nitrogens with zero attached hydrogens (tertiary/aromatic N) is 3. The maximum atomic E-state index is 13.0. The van der Waals surface area contributed by atoms with Crippen LogP contribution in [-0.2, 0) is 16.5 Å². The average molecular weight is 333 g/mol. The van der Waals surface area contributed by atoms with Crippen LogP contribution < -0.4 is 0 Å². The van der Waals surface area contributed by atoms with E-state index < -0.39 is 0 Å². The van der Waals surface area contributed by atoms with Crippen molar-refractivity contribution in [1.82, 2.24) is 14.5 Å². The highest BCUT2D eigenvalue weighted by atomic mass is 16.5. The molecule has 3 atom stereocenters. The van der Waals surface area contributed by atoms with Crippen LogP contribution in [0.3, 0.4) is 0 Å². The summed E-state index contributed by atoms with van der Waals surface area (Å²) in [5.41, 5.74) is 0.441. The highest BCUT2D eigenvalue weighted by molar-refractivity contribution is 5.93. The number of hydrogen-bond acceptors (Lipinski definition) is 4. The third-order valence-corrected chi connectivity index (χ3v) is 6.10. The van der Waals surface area contributed by atoms with E-state index in [0.717, 1.165) is 44.8 Å². The molecule has 0 aromatic carbocycles. The Morgan fingerprint density at radius 3 is 2.88 bits per heavy atom. The minimum absolute atomic E-state index is 0.0572. The smallest absolute Gasteiger partial charge is 0.272 e. The molecule has 3 fully saturated rings. The molecule has 1 amide bonds. The summed E-state index contributed by atoms with van der Waals surface area (Å²) in [6.07, 6.45) is 9.99. The van der Waals surface area contributed by atoms with Crippen molar-refractivity contribution in [1.29, 1.82) is 0 Å². The Bertz CT molecular complexity index is 612. The van der Waals surface area contributed by atoms with Crippen molar-refractivity contribution in [2.45, 2.75) is 56.3 Å². The van der Waals surface area contributed by atoms with E-state index in [1.807, 2.05) is 11.9 Å². The number of carbonyl (C=O) groups excluding carboxylic acids is 1. The van der Waals surface area contributed by atoms with Gasteiger partial charge in [-0.3, -0.25) is 4.79 Å². The molecule has 2 heterocycles. The Labute approximate surface area is 143 Å². The first kappa shape index (κ1) is 16.1. The van der Waals surface area contributed by atoms with E-state index in [2.05, 4.69) is 4.98 Å². The van der Waals surface area contributed by atoms with Gasteiger partial charge in [-0.2, -0.15) is 0 Å². The molecule has 2 saturated carbocycles. The number of rotatable bonds is 5. The van der Waals surface area contributed by atoms with E-state index in [1.54, 1.807) is 24.2 Å². The second-order valence-corrected chi connectivity index (χ2v) is 7.60. The third kappa shape index (κ3) is 2.75. The molecule has 2 aliphatic carbocycles. The van der Waals surface area contributed by atoms with Gasteiger partial charge in [0.05, 0.1) is 30.3 Å². The molecule has 1 saturated heterocycles. The van der Waals surface area contributed by atoms with Gasteiger partial charge in [0, 0.05) is 27.3 Å². The van der Waals surface area contributed by atoms with Gasteiger partial charge >= 0.3 is 0 Å². The first-order valence-corrected chi connectivity index (χ1v) is 9.07. The summed E-state index contributed by atoms with van der Waals surface area (Å²) < 4.78 is 13.9. The fraction of sp³-hybridized carbons (Fsp3) is 0.778. The van der Waals surface area contributed by atoms with Crippen molar-refractivity contribution >= 4 is 5.91 Å². The summed E-state index contributed by atoms with van der Waals surface area (Å²) in [6, 6.07) is 0.0999. The summed E-state index contributed by atoms with van der Waals surface area (Å²) in [7, 11) is 3.65. The van der Waals surface area contributed by atoms with E-state index in [4.69, 9.17) is 9.47 Å². The van der Waals surface area contributed by atoms with E-state index in [1.165, 1.54) is 12.8 Å². The monoisotopic (exact) mass is 333 g/mol. The minimum Gasteiger partial charge on any atom is -0.378 e. The van der Waals surface area contributed by atoms with Gasteiger partial charge in [-0.25, -0.2) is 4.98 Å². The van der Waals surface area contributed by atoms with Gasteiger partial charge in [0.25, 0.3) is 5.91 Å². The lowest BCUT2D eigenvalue weighted by molar-refractivity contribution is -0.0977. The summed E-state index contributed by atoms with van der Waals surface area (Å²) in [5.74, 6) is 0.830. The normalized spacial score (nSPS) is 32.8. The van der Waals surface area contributed by atoms with Crippen LogP contribution in [0.1, 0.15) is 49.0 Å². The predicted octanol–water partition coefficient (Wildman–Crippen LogP) is 2.00. The number of ether oxygens (including phenoxy) is 2. The highest BCUT2D eigenvalue weighted by Crippen LogP contribution is 2.44. The maximum Gasteiger partial charge on any atom is 0.272 e. The number of likely N-dealkylation sites (tertiary alicyclic amines) is 1. The second kappa shape index (κ2) is 6.15. The molecule has 1 aromatic heterocycles. The van der Waals surface area contributed by atoms with Crippen molar-refractivity contribution in [2.24, 2.45) is 13.0 Å². The second-order valence-electron chi connectivity index (χ2n) is 7.60. The van der Waals surface area contributed by atoms with Crippen LogP contribution in [-0.4, -0.2) is 58.4 Å². The van der Waals surface area contributed by atoms with Gasteiger partial charge < -0.3 is 18.9 Å². The molecule has 132 valence electrons. The summed E-state index contributed by atoms with van der Waals surface area (Å²) >= 11 is 0. The number of hydrogen-bond donors (Lipinski definition) is 0. The molecular formula is C18H27N3O3. The van der Waals surface area contributed by atoms with Gasteiger partial charge in [0.1, 0.15) is 5.69 Å². The average Bonchev–Trinajstić information content (AvgIpc) is 3.21. The molecular weight excluding hydrogens is 306 g/mol. The van der Waals surface area contributed by atoms with Gasteiger partial charge in [-0.1, -0.05) is 0 Å². The molecule has 6 nitrogen and oxygen atoms in total. The molecule has 0 radical (unpaired) electrons. The molecule has 1 aliphatic heterocycles. The SMILES string of the molecule is CO[C@@]12CC[C@@H](OCC3CC3)C[C@@H]1N(C(=O)c1cncn1C)CC2. The first-order chi connectivity index (χ1) is 11.6. The zero-order chi connectivity index (χ0) is 16.7. The molecule has 3 aliphatic rings. The van der Waals surface area contributed by atoms with Crippen LogP contribution in [0.4, 0.5) is 0 Å². The molecule has 0 spiro atoms. The van der Waals surface area contributed by atoms with E-state index in [0.29, 0.717) is 5.69 Å². The van der Waals surface area contributed by atoms with Gasteiger partial charge in [-0.05, 0) is 44.4 Å². The van der Waals surface area contributed by atoms with Crippen LogP contribution in [0.2, 0.25) is 0 Å². The standard InChI is InChI=1S/C18H27N3O3/c1-20-12-19-10-15(20)17(22)21-8-7-18(23-2)6-5-14(9-16(18)21)24-11-13-3-4-13/h10,12-14,16H,3-9,11H2,1-2H3/t14-,16+,18-/m1/s1. The lowest BCUT2D eigenvalue weighted by atomic mass is 9.79. The Morgan fingerprint density at radius 2 is 2.21 bits per heavy atom. The fourth-order valence-corrected chi connectivity index (χ4v) is 4.32. The topological polar surface area (TPSA) is 56.6 Å². The lowest BCUT2D eigenvalue weighted by Gasteiger charge is -2.43.